The van der Waals surface area contributed by atoms with E-state index in [2.05, 4.69) is 5.32 Å². The Labute approximate surface area is 103 Å². The summed E-state index contributed by atoms with van der Waals surface area (Å²) in [6, 6.07) is -0.381. The fraction of sp³-hybridized carbons (Fsp3) is 0.833. The minimum atomic E-state index is -0.911. The third-order valence-electron chi connectivity index (χ3n) is 2.89. The molecule has 0 heterocycles. The smallest absolute Gasteiger partial charge is 0.305 e. The van der Waals surface area contributed by atoms with Crippen LogP contribution in [0.4, 0.5) is 0 Å². The maximum Gasteiger partial charge on any atom is 0.305 e. The molecule has 0 saturated heterocycles. The molecular formula is C12H24N2O3. The fourth-order valence-electron chi connectivity index (χ4n) is 1.50. The summed E-state index contributed by atoms with van der Waals surface area (Å²) in [7, 11) is 0. The summed E-state index contributed by atoms with van der Waals surface area (Å²) in [6.45, 7) is 7.89. The maximum absolute atomic E-state index is 11.9. The number of nitrogens with two attached hydrogens (primary N) is 1. The molecule has 0 aromatic heterocycles. The van der Waals surface area contributed by atoms with Crippen LogP contribution in [-0.4, -0.2) is 29.6 Å². The van der Waals surface area contributed by atoms with Crippen LogP contribution in [0.5, 0.6) is 0 Å². The first kappa shape index (κ1) is 15.9. The molecule has 0 radical (unpaired) electrons. The lowest BCUT2D eigenvalue weighted by Crippen LogP contribution is -2.48. The van der Waals surface area contributed by atoms with Crippen molar-refractivity contribution < 1.29 is 14.7 Å². The topological polar surface area (TPSA) is 92.4 Å². The van der Waals surface area contributed by atoms with Gasteiger partial charge >= 0.3 is 5.97 Å². The molecule has 0 aliphatic heterocycles. The summed E-state index contributed by atoms with van der Waals surface area (Å²) in [4.78, 5) is 22.6. The fourth-order valence-corrected chi connectivity index (χ4v) is 1.50. The average molecular weight is 244 g/mol. The van der Waals surface area contributed by atoms with E-state index in [-0.39, 0.29) is 36.2 Å². The van der Waals surface area contributed by atoms with Crippen LogP contribution in [0.2, 0.25) is 0 Å². The summed E-state index contributed by atoms with van der Waals surface area (Å²) in [5.41, 5.74) is 5.20. The van der Waals surface area contributed by atoms with Gasteiger partial charge in [0, 0.05) is 18.5 Å². The van der Waals surface area contributed by atoms with E-state index in [1.54, 1.807) is 0 Å². The van der Waals surface area contributed by atoms with Crippen LogP contribution in [-0.2, 0) is 9.59 Å². The highest BCUT2D eigenvalue weighted by atomic mass is 16.4. The second-order valence-corrected chi connectivity index (χ2v) is 5.37. The van der Waals surface area contributed by atoms with E-state index >= 15 is 0 Å². The van der Waals surface area contributed by atoms with Gasteiger partial charge in [-0.2, -0.15) is 0 Å². The van der Waals surface area contributed by atoms with Gasteiger partial charge in [0.05, 0.1) is 6.42 Å². The number of nitrogens with one attached hydrogen (secondary N) is 1. The molecular weight excluding hydrogens is 220 g/mol. The van der Waals surface area contributed by atoms with Gasteiger partial charge in [-0.3, -0.25) is 9.59 Å². The van der Waals surface area contributed by atoms with Gasteiger partial charge in [-0.05, 0) is 11.8 Å². The Bertz CT molecular complexity index is 267. The molecule has 0 spiro atoms. The van der Waals surface area contributed by atoms with E-state index in [4.69, 9.17) is 10.8 Å². The minimum Gasteiger partial charge on any atom is -0.481 e. The normalized spacial score (nSPS) is 15.1. The standard InChI is InChI=1S/C12H24N2O3/c1-5-8(7-13)11(17)14-9(6-10(15)16)12(2,3)4/h8-9H,5-7,13H2,1-4H3,(H,14,17)(H,15,16). The van der Waals surface area contributed by atoms with Crippen LogP contribution in [0, 0.1) is 11.3 Å². The number of aliphatic carboxylic acids is 1. The van der Waals surface area contributed by atoms with Gasteiger partial charge in [-0.1, -0.05) is 27.7 Å². The van der Waals surface area contributed by atoms with Crippen LogP contribution in [0.15, 0.2) is 0 Å². The van der Waals surface area contributed by atoms with E-state index < -0.39 is 5.97 Å². The highest BCUT2D eigenvalue weighted by molar-refractivity contribution is 5.80. The van der Waals surface area contributed by atoms with Gasteiger partial charge in [0.1, 0.15) is 0 Å². The van der Waals surface area contributed by atoms with Crippen molar-refractivity contribution in [1.82, 2.24) is 5.32 Å². The van der Waals surface area contributed by atoms with Crippen molar-refractivity contribution in [3.8, 4) is 0 Å². The minimum absolute atomic E-state index is 0.0732. The second-order valence-electron chi connectivity index (χ2n) is 5.37. The molecule has 4 N–H and O–H groups in total. The molecule has 0 aromatic rings. The molecule has 0 aliphatic carbocycles. The highest BCUT2D eigenvalue weighted by Crippen LogP contribution is 2.22. The molecule has 5 nitrogen and oxygen atoms in total. The molecule has 2 unspecified atom stereocenters. The Morgan fingerprint density at radius 2 is 1.88 bits per heavy atom. The molecule has 2 atom stereocenters. The molecule has 0 aliphatic rings. The predicted octanol–water partition coefficient (Wildman–Crippen LogP) is 0.977. The SMILES string of the molecule is CCC(CN)C(=O)NC(CC(=O)O)C(C)(C)C. The number of carboxylic acids is 1. The number of hydrogen-bond acceptors (Lipinski definition) is 3. The molecule has 0 saturated carbocycles. The van der Waals surface area contributed by atoms with Crippen LogP contribution >= 0.6 is 0 Å². The molecule has 100 valence electrons. The summed E-state index contributed by atoms with van der Waals surface area (Å²) >= 11 is 0. The molecule has 0 bridgehead atoms. The number of carbonyl (C=O) groups excluding carboxylic acids is 1. The Balaban J connectivity index is 4.64. The Kier molecular flexibility index (Phi) is 6.16. The first-order valence-corrected chi connectivity index (χ1v) is 5.94. The summed E-state index contributed by atoms with van der Waals surface area (Å²) < 4.78 is 0. The van der Waals surface area contributed by atoms with E-state index in [0.717, 1.165) is 0 Å². The number of amides is 1. The van der Waals surface area contributed by atoms with Crippen molar-refractivity contribution in [2.24, 2.45) is 17.1 Å². The van der Waals surface area contributed by atoms with Gasteiger partial charge in [0.25, 0.3) is 0 Å². The van der Waals surface area contributed by atoms with Gasteiger partial charge in [-0.25, -0.2) is 0 Å². The first-order chi connectivity index (χ1) is 7.72. The second kappa shape index (κ2) is 6.59. The number of hydrogen-bond donors (Lipinski definition) is 3. The zero-order valence-corrected chi connectivity index (χ0v) is 11.1. The van der Waals surface area contributed by atoms with E-state index in [1.807, 2.05) is 27.7 Å². The Morgan fingerprint density at radius 1 is 1.35 bits per heavy atom. The van der Waals surface area contributed by atoms with E-state index in [0.29, 0.717) is 6.42 Å². The van der Waals surface area contributed by atoms with Crippen molar-refractivity contribution in [1.29, 1.82) is 0 Å². The third kappa shape index (κ3) is 5.68. The van der Waals surface area contributed by atoms with Crippen LogP contribution in [0.1, 0.15) is 40.5 Å². The lowest BCUT2D eigenvalue weighted by atomic mass is 9.84. The summed E-state index contributed by atoms with van der Waals surface area (Å²) in [5, 5.41) is 11.6. The van der Waals surface area contributed by atoms with Crippen molar-refractivity contribution in [3.05, 3.63) is 0 Å². The Hall–Kier alpha value is -1.10. The molecule has 1 amide bonds. The van der Waals surface area contributed by atoms with Crippen molar-refractivity contribution >= 4 is 11.9 Å². The maximum atomic E-state index is 11.9. The molecule has 0 fully saturated rings. The quantitative estimate of drug-likeness (QED) is 0.649. The molecule has 5 heteroatoms. The van der Waals surface area contributed by atoms with Crippen LogP contribution in [0.25, 0.3) is 0 Å². The van der Waals surface area contributed by atoms with Gasteiger partial charge < -0.3 is 16.2 Å². The predicted molar refractivity (Wildman–Crippen MR) is 66.5 cm³/mol. The average Bonchev–Trinajstić information content (AvgIpc) is 2.16. The lowest BCUT2D eigenvalue weighted by Gasteiger charge is -2.31. The number of rotatable bonds is 6. The Morgan fingerprint density at radius 3 is 2.18 bits per heavy atom. The largest absolute Gasteiger partial charge is 0.481 e. The van der Waals surface area contributed by atoms with Gasteiger partial charge in [0.2, 0.25) is 5.91 Å². The number of carboxylic acid groups (broad SMARTS) is 1. The monoisotopic (exact) mass is 244 g/mol. The lowest BCUT2D eigenvalue weighted by molar-refractivity contribution is -0.138. The summed E-state index contributed by atoms with van der Waals surface area (Å²) in [5.74, 6) is -1.31. The summed E-state index contributed by atoms with van der Waals surface area (Å²) in [6.07, 6.45) is 0.586. The van der Waals surface area contributed by atoms with Gasteiger partial charge in [0.15, 0.2) is 0 Å². The van der Waals surface area contributed by atoms with Crippen molar-refractivity contribution in [2.75, 3.05) is 6.54 Å². The molecule has 0 rings (SSSR count). The van der Waals surface area contributed by atoms with Crippen LogP contribution < -0.4 is 11.1 Å². The molecule has 17 heavy (non-hydrogen) atoms. The number of carbonyl (C=O) groups is 2. The van der Waals surface area contributed by atoms with Crippen molar-refractivity contribution in [3.63, 3.8) is 0 Å². The van der Waals surface area contributed by atoms with E-state index in [1.165, 1.54) is 0 Å². The third-order valence-corrected chi connectivity index (χ3v) is 2.89. The molecule has 0 aromatic carbocycles. The zero-order chi connectivity index (χ0) is 13.6. The van der Waals surface area contributed by atoms with Crippen LogP contribution in [0.3, 0.4) is 0 Å². The first-order valence-electron chi connectivity index (χ1n) is 5.94. The van der Waals surface area contributed by atoms with Gasteiger partial charge in [-0.15, -0.1) is 0 Å². The van der Waals surface area contributed by atoms with E-state index in [9.17, 15) is 9.59 Å². The van der Waals surface area contributed by atoms with Crippen molar-refractivity contribution in [2.45, 2.75) is 46.6 Å². The highest BCUT2D eigenvalue weighted by Gasteiger charge is 2.29. The zero-order valence-electron chi connectivity index (χ0n) is 11.1.